The number of para-hydroxylation sites is 2. The number of anilines is 1. The fourth-order valence-electron chi connectivity index (χ4n) is 2.24. The number of aromatic nitrogens is 2. The minimum absolute atomic E-state index is 0.0796. The summed E-state index contributed by atoms with van der Waals surface area (Å²) < 4.78 is 27.1. The summed E-state index contributed by atoms with van der Waals surface area (Å²) in [6, 6.07) is 7.60. The van der Waals surface area contributed by atoms with Crippen LogP contribution in [-0.2, 0) is 11.3 Å². The Balaban J connectivity index is 1.74. The van der Waals surface area contributed by atoms with E-state index < -0.39 is 12.3 Å². The Kier molecular flexibility index (Phi) is 3.79. The zero-order chi connectivity index (χ0) is 15.7. The molecule has 1 aliphatic rings. The third-order valence-corrected chi connectivity index (χ3v) is 3.52. The van der Waals surface area contributed by atoms with E-state index in [0.29, 0.717) is 5.69 Å². The molecule has 1 fully saturated rings. The lowest BCUT2D eigenvalue weighted by atomic mass is 10.3. The van der Waals surface area contributed by atoms with E-state index in [-0.39, 0.29) is 29.6 Å². The fraction of sp³-hybridized carbons (Fsp3) is 0.333. The summed E-state index contributed by atoms with van der Waals surface area (Å²) in [7, 11) is 0. The number of nitrogens with one attached hydrogen (secondary N) is 1. The quantitative estimate of drug-likeness (QED) is 0.834. The number of amides is 1. The zero-order valence-electron chi connectivity index (χ0n) is 11.7. The molecule has 2 aromatic rings. The average Bonchev–Trinajstić information content (AvgIpc) is 3.23. The second-order valence-electron chi connectivity index (χ2n) is 5.29. The van der Waals surface area contributed by atoms with Gasteiger partial charge in [0.25, 0.3) is 6.43 Å². The lowest BCUT2D eigenvalue weighted by Gasteiger charge is -2.09. The fourth-order valence-corrected chi connectivity index (χ4v) is 2.24. The normalized spacial score (nSPS) is 14.3. The first-order valence-corrected chi connectivity index (χ1v) is 6.98. The molecule has 1 amide bonds. The van der Waals surface area contributed by atoms with Gasteiger partial charge in [-0.3, -0.25) is 9.48 Å². The van der Waals surface area contributed by atoms with Gasteiger partial charge in [-0.05, 0) is 31.0 Å². The van der Waals surface area contributed by atoms with Gasteiger partial charge in [-0.2, -0.15) is 5.10 Å². The van der Waals surface area contributed by atoms with E-state index in [9.17, 15) is 18.7 Å². The smallest absolute Gasteiger partial charge is 0.280 e. The minimum atomic E-state index is -2.68. The van der Waals surface area contributed by atoms with Crippen LogP contribution in [0.3, 0.4) is 0 Å². The van der Waals surface area contributed by atoms with Crippen molar-refractivity contribution < 1.29 is 18.7 Å². The standard InChI is InChI=1S/C15H15F2N3O2/c16-15(17)12-7-11(9-5-6-9)19-20(12)8-14(22)18-10-3-1-2-4-13(10)21/h1-4,7,9,15,21H,5-6,8H2,(H,18,22). The predicted octanol–water partition coefficient (Wildman–Crippen LogP) is 3.04. The monoisotopic (exact) mass is 307 g/mol. The molecular formula is C15H15F2N3O2. The van der Waals surface area contributed by atoms with E-state index in [4.69, 9.17) is 0 Å². The first kappa shape index (κ1) is 14.5. The van der Waals surface area contributed by atoms with Gasteiger partial charge in [-0.15, -0.1) is 0 Å². The third-order valence-electron chi connectivity index (χ3n) is 3.52. The summed E-state index contributed by atoms with van der Waals surface area (Å²) in [5.41, 5.74) is 0.598. The number of carbonyl (C=O) groups is 1. The molecule has 1 heterocycles. The topological polar surface area (TPSA) is 67.2 Å². The summed E-state index contributed by atoms with van der Waals surface area (Å²) >= 11 is 0. The average molecular weight is 307 g/mol. The molecule has 2 N–H and O–H groups in total. The van der Waals surface area contributed by atoms with Gasteiger partial charge in [-0.25, -0.2) is 8.78 Å². The Labute approximate surface area is 125 Å². The number of phenols is 1. The van der Waals surface area contributed by atoms with E-state index in [1.807, 2.05) is 0 Å². The van der Waals surface area contributed by atoms with E-state index in [0.717, 1.165) is 17.5 Å². The van der Waals surface area contributed by atoms with Crippen molar-refractivity contribution in [2.24, 2.45) is 0 Å². The van der Waals surface area contributed by atoms with Gasteiger partial charge >= 0.3 is 0 Å². The molecule has 0 unspecified atom stereocenters. The number of carbonyl (C=O) groups excluding carboxylic acids is 1. The number of halogens is 2. The maximum absolute atomic E-state index is 13.0. The first-order valence-electron chi connectivity index (χ1n) is 6.98. The molecule has 5 nitrogen and oxygen atoms in total. The molecule has 0 atom stereocenters. The zero-order valence-corrected chi connectivity index (χ0v) is 11.7. The first-order chi connectivity index (χ1) is 10.5. The van der Waals surface area contributed by atoms with Gasteiger partial charge in [0.2, 0.25) is 5.91 Å². The summed E-state index contributed by atoms with van der Waals surface area (Å²) in [6.07, 6.45) is -0.786. The molecule has 3 rings (SSSR count). The van der Waals surface area contributed by atoms with Crippen LogP contribution in [0.5, 0.6) is 5.75 Å². The van der Waals surface area contributed by atoms with E-state index in [1.165, 1.54) is 18.2 Å². The highest BCUT2D eigenvalue weighted by Crippen LogP contribution is 2.40. The van der Waals surface area contributed by atoms with Crippen molar-refractivity contribution in [1.82, 2.24) is 9.78 Å². The Bertz CT molecular complexity index is 696. The van der Waals surface area contributed by atoms with Gasteiger partial charge < -0.3 is 10.4 Å². The van der Waals surface area contributed by atoms with Crippen LogP contribution >= 0.6 is 0 Å². The molecule has 22 heavy (non-hydrogen) atoms. The largest absolute Gasteiger partial charge is 0.506 e. The van der Waals surface area contributed by atoms with Crippen molar-refractivity contribution in [3.05, 3.63) is 41.7 Å². The summed E-state index contributed by atoms with van der Waals surface area (Å²) in [4.78, 5) is 12.0. The van der Waals surface area contributed by atoms with Crippen LogP contribution < -0.4 is 5.32 Å². The lowest BCUT2D eigenvalue weighted by Crippen LogP contribution is -2.21. The van der Waals surface area contributed by atoms with E-state index in [2.05, 4.69) is 10.4 Å². The molecule has 7 heteroatoms. The van der Waals surface area contributed by atoms with Gasteiger partial charge in [-0.1, -0.05) is 12.1 Å². The van der Waals surface area contributed by atoms with E-state index in [1.54, 1.807) is 12.1 Å². The van der Waals surface area contributed by atoms with Gasteiger partial charge in [0.15, 0.2) is 0 Å². The van der Waals surface area contributed by atoms with Crippen molar-refractivity contribution >= 4 is 11.6 Å². The lowest BCUT2D eigenvalue weighted by molar-refractivity contribution is -0.117. The van der Waals surface area contributed by atoms with Crippen LogP contribution in [0.4, 0.5) is 14.5 Å². The number of hydrogen-bond donors (Lipinski definition) is 2. The maximum Gasteiger partial charge on any atom is 0.280 e. The van der Waals surface area contributed by atoms with Crippen molar-refractivity contribution in [1.29, 1.82) is 0 Å². The number of phenolic OH excluding ortho intramolecular Hbond substituents is 1. The van der Waals surface area contributed by atoms with E-state index >= 15 is 0 Å². The SMILES string of the molecule is O=C(Cn1nc(C2CC2)cc1C(F)F)Nc1ccccc1O. The summed E-state index contributed by atoms with van der Waals surface area (Å²) in [5.74, 6) is -0.363. The second-order valence-corrected chi connectivity index (χ2v) is 5.29. The molecule has 1 aromatic heterocycles. The highest BCUT2D eigenvalue weighted by atomic mass is 19.3. The maximum atomic E-state index is 13.0. The Morgan fingerprint density at radius 1 is 1.41 bits per heavy atom. The van der Waals surface area contributed by atoms with Crippen LogP contribution in [0.25, 0.3) is 0 Å². The van der Waals surface area contributed by atoms with Crippen LogP contribution in [0.2, 0.25) is 0 Å². The number of alkyl halides is 2. The van der Waals surface area contributed by atoms with Gasteiger partial charge in [0, 0.05) is 5.92 Å². The molecule has 1 aliphatic carbocycles. The molecule has 0 spiro atoms. The minimum Gasteiger partial charge on any atom is -0.506 e. The van der Waals surface area contributed by atoms with Crippen molar-refractivity contribution in [3.63, 3.8) is 0 Å². The van der Waals surface area contributed by atoms with Crippen molar-refractivity contribution in [2.75, 3.05) is 5.32 Å². The number of aromatic hydroxyl groups is 1. The molecule has 1 aromatic carbocycles. The second kappa shape index (κ2) is 5.75. The Morgan fingerprint density at radius 2 is 2.14 bits per heavy atom. The third kappa shape index (κ3) is 3.08. The van der Waals surface area contributed by atoms with Gasteiger partial charge in [0.1, 0.15) is 18.0 Å². The van der Waals surface area contributed by atoms with Crippen LogP contribution in [0, 0.1) is 0 Å². The number of nitrogens with zero attached hydrogens (tertiary/aromatic N) is 2. The molecule has 0 saturated heterocycles. The molecule has 116 valence electrons. The molecule has 0 aliphatic heterocycles. The number of benzene rings is 1. The summed E-state index contributed by atoms with van der Waals surface area (Å²) in [5, 5.41) is 16.2. The molecular weight excluding hydrogens is 292 g/mol. The molecule has 0 bridgehead atoms. The highest BCUT2D eigenvalue weighted by Gasteiger charge is 2.29. The highest BCUT2D eigenvalue weighted by molar-refractivity contribution is 5.92. The number of hydrogen-bond acceptors (Lipinski definition) is 3. The van der Waals surface area contributed by atoms with Crippen LogP contribution in [0.15, 0.2) is 30.3 Å². The Morgan fingerprint density at radius 3 is 2.77 bits per heavy atom. The van der Waals surface area contributed by atoms with Crippen molar-refractivity contribution in [3.8, 4) is 5.75 Å². The summed E-state index contributed by atoms with van der Waals surface area (Å²) in [6.45, 7) is -0.319. The molecule has 1 saturated carbocycles. The van der Waals surface area contributed by atoms with Crippen molar-refractivity contribution in [2.45, 2.75) is 31.7 Å². The van der Waals surface area contributed by atoms with Crippen LogP contribution in [0.1, 0.15) is 36.6 Å². The van der Waals surface area contributed by atoms with Crippen LogP contribution in [-0.4, -0.2) is 20.8 Å². The molecule has 0 radical (unpaired) electrons. The predicted molar refractivity (Wildman–Crippen MR) is 75.9 cm³/mol. The Hall–Kier alpha value is -2.44. The van der Waals surface area contributed by atoms with Gasteiger partial charge in [0.05, 0.1) is 11.4 Å². The number of rotatable bonds is 5.